The van der Waals surface area contributed by atoms with Crippen LogP contribution in [-0.2, 0) is 0 Å². The maximum atomic E-state index is 12.5. The molecular formula is C23H25N3O3P. The first-order valence-electron chi connectivity index (χ1n) is 9.90. The molecule has 30 heavy (non-hydrogen) atoms. The van der Waals surface area contributed by atoms with Gasteiger partial charge in [0.05, 0.1) is 5.66 Å². The molecule has 3 aromatic carbocycles. The second-order valence-electron chi connectivity index (χ2n) is 7.14. The number of benzene rings is 3. The molecular weight excluding hydrogens is 397 g/mol. The van der Waals surface area contributed by atoms with Gasteiger partial charge in [-0.05, 0) is 29.8 Å². The van der Waals surface area contributed by atoms with E-state index in [1.807, 2.05) is 91.0 Å². The van der Waals surface area contributed by atoms with E-state index < -0.39 is 19.5 Å². The fourth-order valence-corrected chi connectivity index (χ4v) is 7.60. The van der Waals surface area contributed by atoms with Gasteiger partial charge >= 0.3 is 6.09 Å². The van der Waals surface area contributed by atoms with Crippen molar-refractivity contribution in [2.24, 2.45) is 0 Å². The van der Waals surface area contributed by atoms with Crippen molar-refractivity contribution in [1.29, 1.82) is 0 Å². The van der Waals surface area contributed by atoms with E-state index in [0.717, 1.165) is 16.9 Å². The molecule has 1 radical (unpaired) electrons. The first-order chi connectivity index (χ1) is 14.6. The average molecular weight is 422 g/mol. The highest BCUT2D eigenvalue weighted by atomic mass is 31.2. The van der Waals surface area contributed by atoms with Crippen molar-refractivity contribution >= 4 is 25.3 Å². The zero-order valence-electron chi connectivity index (χ0n) is 16.5. The van der Waals surface area contributed by atoms with Crippen LogP contribution < -0.4 is 14.7 Å². The Kier molecular flexibility index (Phi) is 5.88. The van der Waals surface area contributed by atoms with E-state index in [1.165, 1.54) is 0 Å². The molecule has 0 aliphatic carbocycles. The molecule has 0 bridgehead atoms. The van der Waals surface area contributed by atoms with Crippen molar-refractivity contribution in [2.75, 3.05) is 29.0 Å². The molecule has 1 atom stereocenters. The van der Waals surface area contributed by atoms with Gasteiger partial charge in [-0.25, -0.2) is 4.79 Å². The Morgan fingerprint density at radius 1 is 0.833 bits per heavy atom. The largest absolute Gasteiger partial charge is 0.465 e. The molecule has 1 aliphatic heterocycles. The standard InChI is InChI=1S/C23H25N3O3P/c27-23(28)24-18-22(19-10-4-1-5-11-19)30(29)25(20-12-6-2-7-13-20)16-17-26(30)21-14-8-3-9-15-21/h1-15,22,24,29H,16-18H2,(H,27,28). The number of anilines is 2. The lowest BCUT2D eigenvalue weighted by molar-refractivity contribution is 0.194. The molecule has 1 amide bonds. The van der Waals surface area contributed by atoms with E-state index in [0.29, 0.717) is 13.1 Å². The minimum atomic E-state index is -3.03. The van der Waals surface area contributed by atoms with E-state index in [-0.39, 0.29) is 6.54 Å². The van der Waals surface area contributed by atoms with Crippen LogP contribution in [0.25, 0.3) is 0 Å². The van der Waals surface area contributed by atoms with Crippen molar-refractivity contribution in [3.05, 3.63) is 96.6 Å². The lowest BCUT2D eigenvalue weighted by Gasteiger charge is -2.47. The number of carbonyl (C=O) groups is 1. The summed E-state index contributed by atoms with van der Waals surface area (Å²) in [6.07, 6.45) is -1.10. The fourth-order valence-electron chi connectivity index (χ4n) is 4.05. The Morgan fingerprint density at radius 2 is 1.27 bits per heavy atom. The summed E-state index contributed by atoms with van der Waals surface area (Å²) in [6.45, 7) is 1.43. The van der Waals surface area contributed by atoms with Crippen molar-refractivity contribution in [2.45, 2.75) is 5.66 Å². The minimum absolute atomic E-state index is 0.121. The number of carboxylic acid groups (broad SMARTS) is 1. The van der Waals surface area contributed by atoms with Gasteiger partial charge in [-0.15, -0.1) is 0 Å². The molecule has 1 heterocycles. The minimum Gasteiger partial charge on any atom is -0.465 e. The molecule has 0 saturated carbocycles. The van der Waals surface area contributed by atoms with E-state index >= 15 is 0 Å². The number of nitrogens with one attached hydrogen (secondary N) is 1. The SMILES string of the molecule is O=C(O)NCC(c1ccccc1)[P]1(O)N(c2ccccc2)CCN1c1ccccc1. The zero-order chi connectivity index (χ0) is 21.0. The second kappa shape index (κ2) is 8.74. The quantitative estimate of drug-likeness (QED) is 0.499. The van der Waals surface area contributed by atoms with Gasteiger partial charge < -0.3 is 24.7 Å². The normalized spacial score (nSPS) is 16.3. The predicted molar refractivity (Wildman–Crippen MR) is 122 cm³/mol. The third-order valence-corrected chi connectivity index (χ3v) is 8.99. The summed E-state index contributed by atoms with van der Waals surface area (Å²) in [6, 6.07) is 29.4. The molecule has 4 rings (SSSR count). The van der Waals surface area contributed by atoms with Crippen LogP contribution in [0.15, 0.2) is 91.0 Å². The second-order valence-corrected chi connectivity index (χ2v) is 9.96. The Hall–Kier alpha value is -3.08. The number of rotatable bonds is 6. The summed E-state index contributed by atoms with van der Waals surface area (Å²) >= 11 is 0. The zero-order valence-corrected chi connectivity index (χ0v) is 17.4. The summed E-state index contributed by atoms with van der Waals surface area (Å²) in [7, 11) is -3.03. The molecule has 3 aromatic rings. The van der Waals surface area contributed by atoms with Crippen molar-refractivity contribution < 1.29 is 14.8 Å². The maximum absolute atomic E-state index is 12.5. The van der Waals surface area contributed by atoms with Gasteiger partial charge in [0.15, 0.2) is 7.79 Å². The van der Waals surface area contributed by atoms with Gasteiger partial charge in [0, 0.05) is 31.0 Å². The molecule has 7 heteroatoms. The topological polar surface area (TPSA) is 76.0 Å². The molecule has 1 aliphatic rings. The van der Waals surface area contributed by atoms with Crippen LogP contribution in [0.5, 0.6) is 0 Å². The van der Waals surface area contributed by atoms with Crippen molar-refractivity contribution in [1.82, 2.24) is 5.32 Å². The summed E-state index contributed by atoms with van der Waals surface area (Å²) in [5.74, 6) is 0. The lowest BCUT2D eigenvalue weighted by atomic mass is 10.1. The number of nitrogens with zero attached hydrogens (tertiary/aromatic N) is 2. The van der Waals surface area contributed by atoms with Crippen molar-refractivity contribution in [3.8, 4) is 0 Å². The Balaban J connectivity index is 1.84. The van der Waals surface area contributed by atoms with E-state index in [1.54, 1.807) is 0 Å². The molecule has 1 unspecified atom stereocenters. The van der Waals surface area contributed by atoms with E-state index in [2.05, 4.69) is 14.7 Å². The smallest absolute Gasteiger partial charge is 0.404 e. The van der Waals surface area contributed by atoms with Crippen LogP contribution in [0.2, 0.25) is 0 Å². The van der Waals surface area contributed by atoms with Gasteiger partial charge in [-0.3, -0.25) is 0 Å². The average Bonchev–Trinajstić information content (AvgIpc) is 3.13. The first kappa shape index (κ1) is 20.2. The highest BCUT2D eigenvalue weighted by molar-refractivity contribution is 7.74. The summed E-state index contributed by atoms with van der Waals surface area (Å²) in [4.78, 5) is 23.8. The molecule has 3 N–H and O–H groups in total. The Bertz CT molecular complexity index is 925. The van der Waals surface area contributed by atoms with Crippen LogP contribution in [-0.4, -0.2) is 35.7 Å². The number of hydrogen-bond donors (Lipinski definition) is 3. The molecule has 6 nitrogen and oxygen atoms in total. The van der Waals surface area contributed by atoms with Crippen LogP contribution in [0.1, 0.15) is 11.2 Å². The highest BCUT2D eigenvalue weighted by Crippen LogP contribution is 2.74. The van der Waals surface area contributed by atoms with Gasteiger partial charge in [-0.1, -0.05) is 66.7 Å². The third kappa shape index (κ3) is 3.84. The monoisotopic (exact) mass is 422 g/mol. The molecule has 0 aromatic heterocycles. The van der Waals surface area contributed by atoms with Crippen LogP contribution in [0.4, 0.5) is 16.2 Å². The molecule has 155 valence electrons. The van der Waals surface area contributed by atoms with Gasteiger partial charge in [0.1, 0.15) is 0 Å². The molecule has 1 fully saturated rings. The Labute approximate surface area is 176 Å². The summed E-state index contributed by atoms with van der Waals surface area (Å²) < 4.78 is 4.14. The van der Waals surface area contributed by atoms with Crippen LogP contribution in [0, 0.1) is 0 Å². The first-order valence-corrected chi connectivity index (χ1v) is 11.6. The third-order valence-electron chi connectivity index (χ3n) is 5.39. The number of para-hydroxylation sites is 2. The van der Waals surface area contributed by atoms with Crippen molar-refractivity contribution in [3.63, 3.8) is 0 Å². The maximum Gasteiger partial charge on any atom is 0.404 e. The molecule has 0 spiro atoms. The van der Waals surface area contributed by atoms with Gasteiger partial charge in [0.25, 0.3) is 0 Å². The summed E-state index contributed by atoms with van der Waals surface area (Å²) in [5.41, 5.74) is 2.36. The summed E-state index contributed by atoms with van der Waals surface area (Å²) in [5, 5.41) is 11.8. The fraction of sp³-hybridized carbons (Fsp3) is 0.174. The lowest BCUT2D eigenvalue weighted by Crippen LogP contribution is -2.35. The Morgan fingerprint density at radius 3 is 1.70 bits per heavy atom. The van der Waals surface area contributed by atoms with Crippen LogP contribution in [0.3, 0.4) is 0 Å². The highest BCUT2D eigenvalue weighted by Gasteiger charge is 2.51. The van der Waals surface area contributed by atoms with Gasteiger partial charge in [0.2, 0.25) is 0 Å². The van der Waals surface area contributed by atoms with Gasteiger partial charge in [-0.2, -0.15) is 0 Å². The number of hydrogen-bond acceptors (Lipinski definition) is 4. The van der Waals surface area contributed by atoms with E-state index in [9.17, 15) is 14.8 Å². The number of amides is 1. The predicted octanol–water partition coefficient (Wildman–Crippen LogP) is 4.78. The van der Waals surface area contributed by atoms with E-state index in [4.69, 9.17) is 0 Å². The van der Waals surface area contributed by atoms with Crippen LogP contribution >= 0.6 is 7.79 Å². The molecule has 1 saturated heterocycles.